The van der Waals surface area contributed by atoms with Gasteiger partial charge in [-0.05, 0) is 50.1 Å². The van der Waals surface area contributed by atoms with E-state index in [4.69, 9.17) is 9.47 Å². The summed E-state index contributed by atoms with van der Waals surface area (Å²) in [6.45, 7) is 5.00. The number of aliphatic hydroxyl groups excluding tert-OH is 1. The summed E-state index contributed by atoms with van der Waals surface area (Å²) in [4.78, 5) is 44.6. The van der Waals surface area contributed by atoms with E-state index in [1.165, 1.54) is 19.2 Å². The Hall–Kier alpha value is -4.05. The molecule has 1 aliphatic rings. The average molecular weight is 511 g/mol. The number of amides is 1. The van der Waals surface area contributed by atoms with Crippen molar-refractivity contribution in [2.24, 2.45) is 0 Å². The number of aryl methyl sites for hydroxylation is 2. The minimum Gasteiger partial charge on any atom is -0.507 e. The van der Waals surface area contributed by atoms with Gasteiger partial charge in [-0.3, -0.25) is 14.5 Å². The smallest absolute Gasteiger partial charge is 0.350 e. The minimum absolute atomic E-state index is 0.0477. The maximum atomic E-state index is 14.3. The van der Waals surface area contributed by atoms with Crippen LogP contribution in [0.1, 0.15) is 45.0 Å². The molecule has 3 aromatic rings. The number of anilines is 1. The van der Waals surface area contributed by atoms with Crippen molar-refractivity contribution in [1.29, 1.82) is 0 Å². The first-order valence-corrected chi connectivity index (χ1v) is 11.9. The standard InChI is InChI=1S/C26H23FN2O6S/c1-5-35-25(33)23-14(3)28-26(36-23)29-20(15-7-6-8-17(11-15)34-4)19(22(31)24(29)32)21(30)16-10-9-13(2)18(27)12-16/h6-12,20,30H,5H2,1-4H3/b21-19-. The van der Waals surface area contributed by atoms with Gasteiger partial charge in [0.05, 0.1) is 31.0 Å². The number of ketones is 1. The summed E-state index contributed by atoms with van der Waals surface area (Å²) in [5.74, 6) is -3.14. The first-order valence-electron chi connectivity index (χ1n) is 11.0. The fraction of sp³-hybridized carbons (Fsp3) is 0.231. The van der Waals surface area contributed by atoms with E-state index in [1.54, 1.807) is 45.0 Å². The molecular formula is C26H23FN2O6S. The molecule has 1 fully saturated rings. The van der Waals surface area contributed by atoms with Crippen molar-refractivity contribution in [3.63, 3.8) is 0 Å². The maximum absolute atomic E-state index is 14.3. The van der Waals surface area contributed by atoms with Gasteiger partial charge in [-0.1, -0.05) is 35.6 Å². The number of benzene rings is 2. The number of Topliss-reactive ketones (excluding diaryl/α,β-unsaturated/α-hetero) is 1. The Morgan fingerprint density at radius 1 is 1.19 bits per heavy atom. The van der Waals surface area contributed by atoms with Gasteiger partial charge in [-0.2, -0.15) is 0 Å². The molecule has 2 aromatic carbocycles. The first-order chi connectivity index (χ1) is 17.2. The zero-order chi connectivity index (χ0) is 26.1. The third-order valence-corrected chi connectivity index (χ3v) is 6.89. The summed E-state index contributed by atoms with van der Waals surface area (Å²) >= 11 is 0.905. The molecule has 36 heavy (non-hydrogen) atoms. The Labute approximate surface area is 210 Å². The number of ether oxygens (including phenoxy) is 2. The molecular weight excluding hydrogens is 487 g/mol. The van der Waals surface area contributed by atoms with Gasteiger partial charge in [-0.15, -0.1) is 0 Å². The van der Waals surface area contributed by atoms with E-state index in [2.05, 4.69) is 4.98 Å². The lowest BCUT2D eigenvalue weighted by molar-refractivity contribution is -0.132. The topological polar surface area (TPSA) is 106 Å². The van der Waals surface area contributed by atoms with Crippen LogP contribution in [0.15, 0.2) is 48.0 Å². The molecule has 1 atom stereocenters. The van der Waals surface area contributed by atoms with Crippen LogP contribution in [0.25, 0.3) is 5.76 Å². The van der Waals surface area contributed by atoms with Gasteiger partial charge >= 0.3 is 11.9 Å². The van der Waals surface area contributed by atoms with Crippen molar-refractivity contribution >= 4 is 39.9 Å². The van der Waals surface area contributed by atoms with E-state index in [1.807, 2.05) is 0 Å². The third-order valence-electron chi connectivity index (χ3n) is 5.75. The molecule has 1 saturated heterocycles. The Morgan fingerprint density at radius 2 is 1.94 bits per heavy atom. The number of carbonyl (C=O) groups is 3. The number of methoxy groups -OCH3 is 1. The number of aliphatic hydroxyl groups is 1. The van der Waals surface area contributed by atoms with E-state index in [0.29, 0.717) is 22.6 Å². The molecule has 2 heterocycles. The van der Waals surface area contributed by atoms with Gasteiger partial charge in [0.2, 0.25) is 0 Å². The first kappa shape index (κ1) is 25.1. The second-order valence-corrected chi connectivity index (χ2v) is 9.02. The highest BCUT2D eigenvalue weighted by Gasteiger charge is 2.48. The number of nitrogens with zero attached hydrogens (tertiary/aromatic N) is 2. The molecule has 1 aliphatic heterocycles. The lowest BCUT2D eigenvalue weighted by Gasteiger charge is -2.23. The molecule has 0 saturated carbocycles. The fourth-order valence-electron chi connectivity index (χ4n) is 3.92. The van der Waals surface area contributed by atoms with Crippen molar-refractivity contribution in [3.8, 4) is 5.75 Å². The van der Waals surface area contributed by atoms with Gasteiger partial charge in [0.15, 0.2) is 5.13 Å². The normalized spacial score (nSPS) is 16.9. The second-order valence-electron chi connectivity index (χ2n) is 8.04. The third kappa shape index (κ3) is 4.35. The van der Waals surface area contributed by atoms with Gasteiger partial charge in [0.1, 0.15) is 22.2 Å². The zero-order valence-corrected chi connectivity index (χ0v) is 20.8. The number of rotatable bonds is 6. The van der Waals surface area contributed by atoms with E-state index in [0.717, 1.165) is 22.3 Å². The summed E-state index contributed by atoms with van der Waals surface area (Å²) in [5, 5.41) is 11.2. The quantitative estimate of drug-likeness (QED) is 0.222. The summed E-state index contributed by atoms with van der Waals surface area (Å²) in [5.41, 5.74) is 0.961. The van der Waals surface area contributed by atoms with Crippen LogP contribution in [0.3, 0.4) is 0 Å². The Morgan fingerprint density at radius 3 is 2.61 bits per heavy atom. The number of aromatic nitrogens is 1. The van der Waals surface area contributed by atoms with Gasteiger partial charge in [0.25, 0.3) is 5.78 Å². The van der Waals surface area contributed by atoms with Gasteiger partial charge in [0, 0.05) is 5.56 Å². The SMILES string of the molecule is CCOC(=O)c1sc(N2C(=O)C(=O)/C(=C(\O)c3ccc(C)c(F)c3)C2c2cccc(OC)c2)nc1C. The van der Waals surface area contributed by atoms with E-state index < -0.39 is 35.3 Å². The predicted octanol–water partition coefficient (Wildman–Crippen LogP) is 4.71. The van der Waals surface area contributed by atoms with Crippen molar-refractivity contribution in [2.75, 3.05) is 18.6 Å². The second kappa shape index (κ2) is 9.90. The van der Waals surface area contributed by atoms with Gasteiger partial charge < -0.3 is 14.6 Å². The summed E-state index contributed by atoms with van der Waals surface area (Å²) in [7, 11) is 1.47. The van der Waals surface area contributed by atoms with E-state index in [-0.39, 0.29) is 27.8 Å². The number of thiazole rings is 1. The molecule has 0 aliphatic carbocycles. The van der Waals surface area contributed by atoms with Crippen molar-refractivity contribution in [1.82, 2.24) is 4.98 Å². The molecule has 1 N–H and O–H groups in total. The summed E-state index contributed by atoms with van der Waals surface area (Å²) < 4.78 is 24.7. The number of halogens is 1. The molecule has 0 spiro atoms. The number of hydrogen-bond acceptors (Lipinski definition) is 8. The van der Waals surface area contributed by atoms with Crippen LogP contribution in [0.5, 0.6) is 5.75 Å². The molecule has 1 amide bonds. The Balaban J connectivity index is 1.94. The molecule has 1 aromatic heterocycles. The number of carbonyl (C=O) groups excluding carboxylic acids is 3. The van der Waals surface area contributed by atoms with Gasteiger partial charge in [-0.25, -0.2) is 14.2 Å². The molecule has 0 radical (unpaired) electrons. The Kier molecular flexibility index (Phi) is 6.89. The highest BCUT2D eigenvalue weighted by atomic mass is 32.1. The van der Waals surface area contributed by atoms with Crippen molar-refractivity contribution in [2.45, 2.75) is 26.8 Å². The fourth-order valence-corrected chi connectivity index (χ4v) is 4.91. The molecule has 4 rings (SSSR count). The molecule has 186 valence electrons. The van der Waals surface area contributed by atoms with Crippen LogP contribution in [-0.2, 0) is 14.3 Å². The van der Waals surface area contributed by atoms with Crippen LogP contribution in [0, 0.1) is 19.7 Å². The Bertz CT molecular complexity index is 1410. The molecule has 0 bridgehead atoms. The van der Waals surface area contributed by atoms with Crippen LogP contribution >= 0.6 is 11.3 Å². The lowest BCUT2D eigenvalue weighted by atomic mass is 9.95. The summed E-state index contributed by atoms with van der Waals surface area (Å²) in [6.07, 6.45) is 0. The monoisotopic (exact) mass is 510 g/mol. The molecule has 10 heteroatoms. The highest BCUT2D eigenvalue weighted by molar-refractivity contribution is 7.17. The molecule has 1 unspecified atom stereocenters. The van der Waals surface area contributed by atoms with Crippen LogP contribution in [0.4, 0.5) is 9.52 Å². The number of esters is 1. The van der Waals surface area contributed by atoms with Crippen LogP contribution in [-0.4, -0.2) is 41.5 Å². The maximum Gasteiger partial charge on any atom is 0.350 e. The van der Waals surface area contributed by atoms with Crippen molar-refractivity contribution in [3.05, 3.63) is 81.1 Å². The van der Waals surface area contributed by atoms with Crippen LogP contribution in [0.2, 0.25) is 0 Å². The predicted molar refractivity (Wildman–Crippen MR) is 132 cm³/mol. The average Bonchev–Trinajstić information content (AvgIpc) is 3.37. The summed E-state index contributed by atoms with van der Waals surface area (Å²) in [6, 6.07) is 9.60. The van der Waals surface area contributed by atoms with Crippen molar-refractivity contribution < 1.29 is 33.4 Å². The highest BCUT2D eigenvalue weighted by Crippen LogP contribution is 2.44. The minimum atomic E-state index is -1.11. The van der Waals surface area contributed by atoms with E-state index >= 15 is 0 Å². The number of hydrogen-bond donors (Lipinski definition) is 1. The largest absolute Gasteiger partial charge is 0.507 e. The van der Waals surface area contributed by atoms with E-state index in [9.17, 15) is 23.9 Å². The zero-order valence-electron chi connectivity index (χ0n) is 20.0. The lowest BCUT2D eigenvalue weighted by Crippen LogP contribution is -2.29. The van der Waals surface area contributed by atoms with Crippen LogP contribution < -0.4 is 9.64 Å². The molecule has 8 nitrogen and oxygen atoms in total.